The number of hydrogen-bond acceptors (Lipinski definition) is 5. The molecule has 21 heavy (non-hydrogen) atoms. The van der Waals surface area contributed by atoms with Gasteiger partial charge in [0.2, 0.25) is 5.91 Å². The van der Waals surface area contributed by atoms with Crippen molar-refractivity contribution in [1.82, 2.24) is 10.1 Å². The SMILES string of the molecule is CN(O)C(=O)CC/C(=C/C(=O)c1ccc(Cl)cc1)N(C)O. The van der Waals surface area contributed by atoms with Crippen molar-refractivity contribution in [2.24, 2.45) is 0 Å². The molecule has 114 valence electrons. The third-order valence-electron chi connectivity index (χ3n) is 2.80. The van der Waals surface area contributed by atoms with E-state index in [4.69, 9.17) is 16.8 Å². The van der Waals surface area contributed by atoms with Gasteiger partial charge in [0.25, 0.3) is 0 Å². The maximum atomic E-state index is 12.0. The van der Waals surface area contributed by atoms with Gasteiger partial charge in [0.05, 0.1) is 0 Å². The van der Waals surface area contributed by atoms with Gasteiger partial charge in [-0.3, -0.25) is 25.1 Å². The summed E-state index contributed by atoms with van der Waals surface area (Å²) >= 11 is 5.75. The molecule has 0 radical (unpaired) electrons. The van der Waals surface area contributed by atoms with Crippen molar-refractivity contribution in [2.45, 2.75) is 12.8 Å². The topological polar surface area (TPSA) is 81.1 Å². The number of allylic oxidation sites excluding steroid dienone is 2. The van der Waals surface area contributed by atoms with E-state index in [0.717, 1.165) is 5.06 Å². The van der Waals surface area contributed by atoms with Gasteiger partial charge in [-0.1, -0.05) is 11.6 Å². The van der Waals surface area contributed by atoms with Crippen molar-refractivity contribution in [3.05, 3.63) is 46.6 Å². The van der Waals surface area contributed by atoms with Gasteiger partial charge < -0.3 is 0 Å². The highest BCUT2D eigenvalue weighted by molar-refractivity contribution is 6.30. The van der Waals surface area contributed by atoms with Crippen LogP contribution >= 0.6 is 11.6 Å². The molecule has 0 unspecified atom stereocenters. The number of benzene rings is 1. The number of hydroxylamine groups is 4. The van der Waals surface area contributed by atoms with Crippen molar-refractivity contribution < 1.29 is 20.0 Å². The van der Waals surface area contributed by atoms with Gasteiger partial charge in [0.15, 0.2) is 5.78 Å². The highest BCUT2D eigenvalue weighted by atomic mass is 35.5. The summed E-state index contributed by atoms with van der Waals surface area (Å²) in [4.78, 5) is 23.4. The predicted octanol–water partition coefficient (Wildman–Crippen LogP) is 2.36. The van der Waals surface area contributed by atoms with Gasteiger partial charge in [0.1, 0.15) is 0 Å². The molecule has 0 atom stereocenters. The molecule has 1 aromatic carbocycles. The predicted molar refractivity (Wildman–Crippen MR) is 77.2 cm³/mol. The third kappa shape index (κ3) is 5.55. The van der Waals surface area contributed by atoms with Gasteiger partial charge >= 0.3 is 0 Å². The zero-order valence-electron chi connectivity index (χ0n) is 11.8. The summed E-state index contributed by atoms with van der Waals surface area (Å²) in [6.07, 6.45) is 1.33. The van der Waals surface area contributed by atoms with E-state index in [0.29, 0.717) is 15.6 Å². The molecule has 7 heteroatoms. The van der Waals surface area contributed by atoms with Gasteiger partial charge in [0, 0.05) is 42.9 Å². The Hall–Kier alpha value is -1.89. The third-order valence-corrected chi connectivity index (χ3v) is 3.05. The lowest BCUT2D eigenvalue weighted by Gasteiger charge is -2.15. The zero-order valence-corrected chi connectivity index (χ0v) is 12.5. The van der Waals surface area contributed by atoms with Gasteiger partial charge in [-0.15, -0.1) is 0 Å². The van der Waals surface area contributed by atoms with Crippen molar-refractivity contribution in [3.63, 3.8) is 0 Å². The summed E-state index contributed by atoms with van der Waals surface area (Å²) < 4.78 is 0. The molecule has 0 spiro atoms. The Labute approximate surface area is 127 Å². The first-order valence-corrected chi connectivity index (χ1v) is 6.57. The van der Waals surface area contributed by atoms with E-state index in [2.05, 4.69) is 0 Å². The second-order valence-electron chi connectivity index (χ2n) is 4.45. The molecule has 0 saturated carbocycles. The molecule has 0 aliphatic heterocycles. The Morgan fingerprint density at radius 3 is 2.14 bits per heavy atom. The van der Waals surface area contributed by atoms with Gasteiger partial charge in [-0.25, -0.2) is 5.06 Å². The number of amides is 1. The Morgan fingerprint density at radius 1 is 1.10 bits per heavy atom. The van der Waals surface area contributed by atoms with Crippen molar-refractivity contribution in [3.8, 4) is 0 Å². The lowest BCUT2D eigenvalue weighted by atomic mass is 10.1. The Balaban J connectivity index is 2.82. The average Bonchev–Trinajstić information content (AvgIpc) is 2.42. The molecular formula is C14H17ClN2O4. The Bertz CT molecular complexity index is 538. The fraction of sp³-hybridized carbons (Fsp3) is 0.286. The molecule has 6 nitrogen and oxygen atoms in total. The smallest absolute Gasteiger partial charge is 0.246 e. The molecule has 0 saturated heterocycles. The number of carbonyl (C=O) groups is 2. The monoisotopic (exact) mass is 312 g/mol. The molecular weight excluding hydrogens is 296 g/mol. The first kappa shape index (κ1) is 17.2. The van der Waals surface area contributed by atoms with Crippen LogP contribution in [0.2, 0.25) is 5.02 Å². The molecule has 0 bridgehead atoms. The lowest BCUT2D eigenvalue weighted by molar-refractivity contribution is -0.159. The summed E-state index contributed by atoms with van der Waals surface area (Å²) in [6, 6.07) is 6.33. The first-order valence-electron chi connectivity index (χ1n) is 6.19. The normalized spacial score (nSPS) is 11.2. The maximum absolute atomic E-state index is 12.0. The molecule has 0 heterocycles. The molecule has 0 aliphatic carbocycles. The van der Waals surface area contributed by atoms with E-state index in [9.17, 15) is 14.8 Å². The second-order valence-corrected chi connectivity index (χ2v) is 4.88. The summed E-state index contributed by atoms with van der Waals surface area (Å²) in [6.45, 7) is 0. The van der Waals surface area contributed by atoms with Crippen LogP contribution < -0.4 is 0 Å². The van der Waals surface area contributed by atoms with Crippen LogP contribution in [0.4, 0.5) is 0 Å². The lowest BCUT2D eigenvalue weighted by Crippen LogP contribution is -2.23. The minimum atomic E-state index is -0.512. The van der Waals surface area contributed by atoms with Gasteiger partial charge in [-0.05, 0) is 30.7 Å². The first-order chi connectivity index (χ1) is 9.81. The number of rotatable bonds is 6. The molecule has 1 rings (SSSR count). The number of carbonyl (C=O) groups excluding carboxylic acids is 2. The minimum absolute atomic E-state index is 0.0301. The van der Waals surface area contributed by atoms with Crippen molar-refractivity contribution >= 4 is 23.3 Å². The van der Waals surface area contributed by atoms with E-state index < -0.39 is 5.91 Å². The summed E-state index contributed by atoms with van der Waals surface area (Å²) in [5.41, 5.74) is 0.689. The molecule has 0 fully saturated rings. The largest absolute Gasteiger partial charge is 0.289 e. The molecule has 2 N–H and O–H groups in total. The van der Waals surface area contributed by atoms with Crippen LogP contribution in [-0.4, -0.2) is 46.3 Å². The number of nitrogens with zero attached hydrogens (tertiary/aromatic N) is 2. The zero-order chi connectivity index (χ0) is 16.0. The van der Waals surface area contributed by atoms with Crippen LogP contribution in [0.5, 0.6) is 0 Å². The molecule has 1 aromatic rings. The van der Waals surface area contributed by atoms with Crippen LogP contribution in [0.3, 0.4) is 0 Å². The van der Waals surface area contributed by atoms with E-state index >= 15 is 0 Å². The highest BCUT2D eigenvalue weighted by Crippen LogP contribution is 2.14. The van der Waals surface area contributed by atoms with E-state index in [1.807, 2.05) is 0 Å². The summed E-state index contributed by atoms with van der Waals surface area (Å²) in [5, 5.41) is 20.2. The van der Waals surface area contributed by atoms with Gasteiger partial charge in [-0.2, -0.15) is 0 Å². The van der Waals surface area contributed by atoms with Crippen LogP contribution in [-0.2, 0) is 4.79 Å². The summed E-state index contributed by atoms with van der Waals surface area (Å²) in [7, 11) is 2.57. The number of hydrogen-bond donors (Lipinski definition) is 2. The van der Waals surface area contributed by atoms with Crippen LogP contribution in [0.25, 0.3) is 0 Å². The minimum Gasteiger partial charge on any atom is -0.289 e. The van der Waals surface area contributed by atoms with E-state index in [1.54, 1.807) is 24.3 Å². The molecule has 0 aromatic heterocycles. The van der Waals surface area contributed by atoms with Crippen molar-refractivity contribution in [2.75, 3.05) is 14.1 Å². The quantitative estimate of drug-likeness (QED) is 0.365. The van der Waals surface area contributed by atoms with E-state index in [1.165, 1.54) is 20.2 Å². The van der Waals surface area contributed by atoms with Crippen LogP contribution in [0.15, 0.2) is 36.0 Å². The standard InChI is InChI=1S/C14H17ClN2O4/c1-16(20)12(7-8-14(19)17(2)21)9-13(18)10-3-5-11(15)6-4-10/h3-6,9,20-21H,7-8H2,1-2H3/b12-9-. The van der Waals surface area contributed by atoms with Crippen molar-refractivity contribution in [1.29, 1.82) is 0 Å². The molecule has 1 amide bonds. The average molecular weight is 313 g/mol. The number of ketones is 1. The van der Waals surface area contributed by atoms with Crippen LogP contribution in [0.1, 0.15) is 23.2 Å². The van der Waals surface area contributed by atoms with Crippen LogP contribution in [0, 0.1) is 0 Å². The summed E-state index contributed by atoms with van der Waals surface area (Å²) in [5.74, 6) is -0.825. The van der Waals surface area contributed by atoms with E-state index in [-0.39, 0.29) is 24.3 Å². The highest BCUT2D eigenvalue weighted by Gasteiger charge is 2.12. The molecule has 0 aliphatic rings. The fourth-order valence-corrected chi connectivity index (χ4v) is 1.70. The Kier molecular flexibility index (Phi) is 6.36. The maximum Gasteiger partial charge on any atom is 0.246 e. The Morgan fingerprint density at radius 2 is 1.67 bits per heavy atom. The second kappa shape index (κ2) is 7.78. The fourth-order valence-electron chi connectivity index (χ4n) is 1.57. The number of halogens is 1.